The molecule has 0 spiro atoms. The molecule has 0 amide bonds. The first-order valence-electron chi connectivity index (χ1n) is 4.88. The lowest BCUT2D eigenvalue weighted by Gasteiger charge is -2.08. The van der Waals surface area contributed by atoms with Gasteiger partial charge in [-0.3, -0.25) is 0 Å². The van der Waals surface area contributed by atoms with Crippen LogP contribution in [0.15, 0.2) is 42.5 Å². The fourth-order valence-electron chi connectivity index (χ4n) is 1.33. The molecular weight excluding hydrogens is 224 g/mol. The molecule has 0 radical (unpaired) electrons. The summed E-state index contributed by atoms with van der Waals surface area (Å²) in [5.41, 5.74) is 1.01. The second-order valence-corrected chi connectivity index (χ2v) is 3.94. The standard InChI is InChI=1S/C13H11ClO2/c1-9-2-3-10(14)8-13(9)16-12-6-4-11(15)5-7-12/h2-8,15H,1H3. The highest BCUT2D eigenvalue weighted by Gasteiger charge is 2.02. The second kappa shape index (κ2) is 4.45. The Hall–Kier alpha value is -1.67. The highest BCUT2D eigenvalue weighted by atomic mass is 35.5. The minimum absolute atomic E-state index is 0.218. The van der Waals surface area contributed by atoms with Gasteiger partial charge in [0.15, 0.2) is 0 Å². The zero-order chi connectivity index (χ0) is 11.5. The first kappa shape index (κ1) is 10.8. The van der Waals surface area contributed by atoms with Gasteiger partial charge in [-0.15, -0.1) is 0 Å². The molecule has 16 heavy (non-hydrogen) atoms. The van der Waals surface area contributed by atoms with E-state index >= 15 is 0 Å². The van der Waals surface area contributed by atoms with E-state index in [1.165, 1.54) is 0 Å². The minimum atomic E-state index is 0.218. The number of phenolic OH excluding ortho intramolecular Hbond substituents is 1. The molecule has 0 fully saturated rings. The van der Waals surface area contributed by atoms with Crippen molar-refractivity contribution in [3.8, 4) is 17.2 Å². The molecule has 0 aliphatic rings. The fourth-order valence-corrected chi connectivity index (χ4v) is 1.49. The molecular formula is C13H11ClO2. The van der Waals surface area contributed by atoms with Gasteiger partial charge < -0.3 is 9.84 Å². The van der Waals surface area contributed by atoms with Crippen molar-refractivity contribution in [1.82, 2.24) is 0 Å². The van der Waals surface area contributed by atoms with Gasteiger partial charge in [-0.05, 0) is 48.9 Å². The Bertz CT molecular complexity index is 492. The van der Waals surface area contributed by atoms with Gasteiger partial charge in [-0.1, -0.05) is 17.7 Å². The summed E-state index contributed by atoms with van der Waals surface area (Å²) in [6.07, 6.45) is 0. The van der Waals surface area contributed by atoms with Crippen LogP contribution in [-0.2, 0) is 0 Å². The monoisotopic (exact) mass is 234 g/mol. The number of rotatable bonds is 2. The summed E-state index contributed by atoms with van der Waals surface area (Å²) in [7, 11) is 0. The van der Waals surface area contributed by atoms with Crippen molar-refractivity contribution in [3.63, 3.8) is 0 Å². The van der Waals surface area contributed by atoms with E-state index in [-0.39, 0.29) is 5.75 Å². The van der Waals surface area contributed by atoms with Crippen LogP contribution in [0.1, 0.15) is 5.56 Å². The molecule has 0 unspecified atom stereocenters. The van der Waals surface area contributed by atoms with E-state index in [1.807, 2.05) is 19.1 Å². The lowest BCUT2D eigenvalue weighted by atomic mass is 10.2. The average Bonchev–Trinajstić information content (AvgIpc) is 2.27. The largest absolute Gasteiger partial charge is 0.508 e. The van der Waals surface area contributed by atoms with Crippen LogP contribution in [0.3, 0.4) is 0 Å². The Morgan fingerprint density at radius 1 is 1.06 bits per heavy atom. The Kier molecular flexibility index (Phi) is 3.02. The van der Waals surface area contributed by atoms with Gasteiger partial charge in [0.05, 0.1) is 0 Å². The summed E-state index contributed by atoms with van der Waals surface area (Å²) in [5, 5.41) is 9.78. The molecule has 2 nitrogen and oxygen atoms in total. The molecule has 0 saturated heterocycles. The third-order valence-electron chi connectivity index (χ3n) is 2.21. The van der Waals surface area contributed by atoms with E-state index in [9.17, 15) is 0 Å². The molecule has 0 aliphatic heterocycles. The van der Waals surface area contributed by atoms with Crippen LogP contribution in [0.25, 0.3) is 0 Å². The second-order valence-electron chi connectivity index (χ2n) is 3.51. The van der Waals surface area contributed by atoms with Gasteiger partial charge in [-0.2, -0.15) is 0 Å². The van der Waals surface area contributed by atoms with Crippen molar-refractivity contribution in [2.45, 2.75) is 6.92 Å². The van der Waals surface area contributed by atoms with Crippen molar-refractivity contribution < 1.29 is 9.84 Å². The van der Waals surface area contributed by atoms with Crippen molar-refractivity contribution in [2.75, 3.05) is 0 Å². The first-order valence-corrected chi connectivity index (χ1v) is 5.26. The highest BCUT2D eigenvalue weighted by Crippen LogP contribution is 2.28. The number of aryl methyl sites for hydroxylation is 1. The predicted molar refractivity (Wildman–Crippen MR) is 64.4 cm³/mol. The van der Waals surface area contributed by atoms with Crippen molar-refractivity contribution >= 4 is 11.6 Å². The van der Waals surface area contributed by atoms with Gasteiger partial charge in [0, 0.05) is 5.02 Å². The predicted octanol–water partition coefficient (Wildman–Crippen LogP) is 4.15. The Morgan fingerprint density at radius 2 is 1.75 bits per heavy atom. The molecule has 0 heterocycles. The topological polar surface area (TPSA) is 29.5 Å². The van der Waals surface area contributed by atoms with Crippen LogP contribution in [0.2, 0.25) is 5.02 Å². The van der Waals surface area contributed by atoms with Crippen molar-refractivity contribution in [3.05, 3.63) is 53.1 Å². The Morgan fingerprint density at radius 3 is 2.44 bits per heavy atom. The molecule has 1 N–H and O–H groups in total. The van der Waals surface area contributed by atoms with E-state index in [2.05, 4.69) is 0 Å². The summed E-state index contributed by atoms with van der Waals surface area (Å²) in [6.45, 7) is 1.95. The van der Waals surface area contributed by atoms with Gasteiger partial charge in [0.25, 0.3) is 0 Å². The van der Waals surface area contributed by atoms with Gasteiger partial charge in [-0.25, -0.2) is 0 Å². The molecule has 82 valence electrons. The molecule has 2 aromatic rings. The Labute approximate surface area is 99.1 Å². The summed E-state index contributed by atoms with van der Waals surface area (Å²) in [4.78, 5) is 0. The highest BCUT2D eigenvalue weighted by molar-refractivity contribution is 6.30. The smallest absolute Gasteiger partial charge is 0.131 e. The molecule has 2 aromatic carbocycles. The maximum absolute atomic E-state index is 9.14. The van der Waals surface area contributed by atoms with Crippen LogP contribution >= 0.6 is 11.6 Å². The average molecular weight is 235 g/mol. The fraction of sp³-hybridized carbons (Fsp3) is 0.0769. The quantitative estimate of drug-likeness (QED) is 0.846. The molecule has 2 rings (SSSR count). The van der Waals surface area contributed by atoms with Gasteiger partial charge in [0.2, 0.25) is 0 Å². The number of halogens is 1. The van der Waals surface area contributed by atoms with Crippen molar-refractivity contribution in [2.24, 2.45) is 0 Å². The van der Waals surface area contributed by atoms with Crippen LogP contribution in [0.4, 0.5) is 0 Å². The van der Waals surface area contributed by atoms with Gasteiger partial charge in [0.1, 0.15) is 17.2 Å². The summed E-state index contributed by atoms with van der Waals surface area (Å²) in [5.74, 6) is 1.61. The molecule has 0 saturated carbocycles. The number of benzene rings is 2. The minimum Gasteiger partial charge on any atom is -0.508 e. The van der Waals surface area contributed by atoms with Crippen molar-refractivity contribution in [1.29, 1.82) is 0 Å². The van der Waals surface area contributed by atoms with E-state index in [0.29, 0.717) is 10.8 Å². The lowest BCUT2D eigenvalue weighted by Crippen LogP contribution is -1.86. The normalized spacial score (nSPS) is 10.1. The summed E-state index contributed by atoms with van der Waals surface area (Å²) < 4.78 is 5.65. The maximum Gasteiger partial charge on any atom is 0.131 e. The molecule has 0 bridgehead atoms. The number of hydrogen-bond acceptors (Lipinski definition) is 2. The van der Waals surface area contributed by atoms with Crippen LogP contribution < -0.4 is 4.74 Å². The maximum atomic E-state index is 9.14. The van der Waals surface area contributed by atoms with E-state index < -0.39 is 0 Å². The van der Waals surface area contributed by atoms with Crippen LogP contribution in [0, 0.1) is 6.92 Å². The third kappa shape index (κ3) is 2.47. The zero-order valence-electron chi connectivity index (χ0n) is 8.77. The molecule has 0 atom stereocenters. The van der Waals surface area contributed by atoms with Crippen LogP contribution in [-0.4, -0.2) is 5.11 Å². The van der Waals surface area contributed by atoms with Gasteiger partial charge >= 0.3 is 0 Å². The SMILES string of the molecule is Cc1ccc(Cl)cc1Oc1ccc(O)cc1. The lowest BCUT2D eigenvalue weighted by molar-refractivity contribution is 0.463. The van der Waals surface area contributed by atoms with Crippen LogP contribution in [0.5, 0.6) is 17.2 Å². The Balaban J connectivity index is 2.26. The number of hydrogen-bond donors (Lipinski definition) is 1. The summed E-state index contributed by atoms with van der Waals surface area (Å²) >= 11 is 5.89. The number of phenols is 1. The molecule has 0 aliphatic carbocycles. The first-order chi connectivity index (χ1) is 7.65. The third-order valence-corrected chi connectivity index (χ3v) is 2.45. The zero-order valence-corrected chi connectivity index (χ0v) is 9.53. The molecule has 0 aromatic heterocycles. The number of ether oxygens (including phenoxy) is 1. The van der Waals surface area contributed by atoms with E-state index in [1.54, 1.807) is 30.3 Å². The van der Waals surface area contributed by atoms with E-state index in [0.717, 1.165) is 11.3 Å². The number of aromatic hydroxyl groups is 1. The van der Waals surface area contributed by atoms with E-state index in [4.69, 9.17) is 21.4 Å². The summed E-state index contributed by atoms with van der Waals surface area (Å²) in [6, 6.07) is 12.1. The molecule has 3 heteroatoms.